The van der Waals surface area contributed by atoms with E-state index in [0.717, 1.165) is 0 Å². The highest BCUT2D eigenvalue weighted by molar-refractivity contribution is 7.62. The highest BCUT2D eigenvalue weighted by Gasteiger charge is 2.31. The lowest BCUT2D eigenvalue weighted by Gasteiger charge is -2.19. The van der Waals surface area contributed by atoms with Crippen molar-refractivity contribution in [2.45, 2.75) is 13.8 Å². The first-order valence-corrected chi connectivity index (χ1v) is 9.39. The third kappa shape index (κ3) is 4.25. The summed E-state index contributed by atoms with van der Waals surface area (Å²) in [5.41, 5.74) is 0.219. The first kappa shape index (κ1) is 18.7. The molecule has 2 aromatic carbocycles. The highest BCUT2D eigenvalue weighted by Crippen LogP contribution is 2.49. The Morgan fingerprint density at radius 1 is 1.00 bits per heavy atom. The lowest BCUT2D eigenvalue weighted by Crippen LogP contribution is -2.18. The lowest BCUT2D eigenvalue weighted by molar-refractivity contribution is 0.0736. The molecule has 0 amide bonds. The van der Waals surface area contributed by atoms with Gasteiger partial charge in [-0.25, -0.2) is 4.79 Å². The van der Waals surface area contributed by atoms with Crippen molar-refractivity contribution in [2.75, 3.05) is 13.2 Å². The maximum absolute atomic E-state index is 13.0. The zero-order valence-electron chi connectivity index (χ0n) is 13.4. The average Bonchev–Trinajstić information content (AvgIpc) is 2.56. The molecule has 7 heteroatoms. The molecule has 24 heavy (non-hydrogen) atoms. The predicted molar refractivity (Wildman–Crippen MR) is 93.3 cm³/mol. The largest absolute Gasteiger partial charge is 0.422 e. The zero-order valence-corrected chi connectivity index (χ0v) is 15.0. The summed E-state index contributed by atoms with van der Waals surface area (Å²) in [5, 5.41) is 0.479. The smallest absolute Gasteiger partial charge is 0.365 e. The third-order valence-electron chi connectivity index (χ3n) is 3.05. The molecule has 2 rings (SSSR count). The van der Waals surface area contributed by atoms with Crippen LogP contribution in [0.25, 0.3) is 0 Å². The fraction of sp³-hybridized carbons (Fsp3) is 0.235. The number of carbonyl (C=O) groups is 1. The molecule has 0 heterocycles. The molecule has 0 aliphatic carbocycles. The van der Waals surface area contributed by atoms with Crippen LogP contribution in [-0.4, -0.2) is 19.2 Å². The predicted octanol–water partition coefficient (Wildman–Crippen LogP) is 4.45. The third-order valence-corrected chi connectivity index (χ3v) is 5.54. The van der Waals surface area contributed by atoms with Crippen LogP contribution >= 0.6 is 19.2 Å². The molecular formula is C17H18ClO5P. The molecule has 0 fully saturated rings. The Morgan fingerprint density at radius 3 is 2.21 bits per heavy atom. The number of carbonyl (C=O) groups excluding carboxylic acids is 1. The molecule has 5 nitrogen and oxygen atoms in total. The minimum atomic E-state index is -3.58. The molecule has 0 spiro atoms. The summed E-state index contributed by atoms with van der Waals surface area (Å²) in [6.45, 7) is 3.82. The quantitative estimate of drug-likeness (QED) is 0.410. The second-order valence-electron chi connectivity index (χ2n) is 4.67. The number of halogens is 1. The van der Waals surface area contributed by atoms with Crippen molar-refractivity contribution >= 4 is 30.5 Å². The number of hydrogen-bond acceptors (Lipinski definition) is 5. The van der Waals surface area contributed by atoms with E-state index in [4.69, 9.17) is 25.4 Å². The molecule has 0 bridgehead atoms. The SMILES string of the molecule is CCOP(=O)(OCC)c1ccccc1OC(=O)c1ccccc1Cl. The van der Waals surface area contributed by atoms with Gasteiger partial charge in [0.25, 0.3) is 0 Å². The number of benzene rings is 2. The van der Waals surface area contributed by atoms with Gasteiger partial charge < -0.3 is 13.8 Å². The Hall–Kier alpha value is -1.65. The molecule has 0 aliphatic rings. The molecule has 0 aromatic heterocycles. The van der Waals surface area contributed by atoms with Crippen LogP contribution in [0.3, 0.4) is 0 Å². The summed E-state index contributed by atoms with van der Waals surface area (Å²) < 4.78 is 29.0. The van der Waals surface area contributed by atoms with Crippen molar-refractivity contribution < 1.29 is 23.1 Å². The van der Waals surface area contributed by atoms with E-state index in [1.807, 2.05) is 0 Å². The molecule has 2 aromatic rings. The fourth-order valence-corrected chi connectivity index (χ4v) is 3.97. The van der Waals surface area contributed by atoms with Gasteiger partial charge in [0.05, 0.1) is 23.8 Å². The number of ether oxygens (including phenoxy) is 1. The van der Waals surface area contributed by atoms with Crippen LogP contribution in [0.15, 0.2) is 48.5 Å². The summed E-state index contributed by atoms with van der Waals surface area (Å²) >= 11 is 6.01. The Labute approximate surface area is 146 Å². The van der Waals surface area contributed by atoms with Gasteiger partial charge in [0.15, 0.2) is 0 Å². The van der Waals surface area contributed by atoms with Crippen molar-refractivity contribution in [1.29, 1.82) is 0 Å². The van der Waals surface area contributed by atoms with E-state index in [2.05, 4.69) is 0 Å². The van der Waals surface area contributed by atoms with Crippen molar-refractivity contribution in [3.8, 4) is 5.75 Å². The molecule has 0 atom stereocenters. The normalized spacial score (nSPS) is 11.3. The fourth-order valence-electron chi connectivity index (χ4n) is 2.07. The van der Waals surface area contributed by atoms with Gasteiger partial charge in [-0.2, -0.15) is 0 Å². The van der Waals surface area contributed by atoms with E-state index in [0.29, 0.717) is 0 Å². The van der Waals surface area contributed by atoms with Crippen LogP contribution in [0.5, 0.6) is 5.75 Å². The minimum Gasteiger partial charge on any atom is -0.422 e. The molecule has 0 N–H and O–H groups in total. The van der Waals surface area contributed by atoms with Crippen molar-refractivity contribution in [3.63, 3.8) is 0 Å². The molecule has 128 valence electrons. The second kappa shape index (κ2) is 8.45. The van der Waals surface area contributed by atoms with Crippen molar-refractivity contribution in [3.05, 3.63) is 59.1 Å². The summed E-state index contributed by atoms with van der Waals surface area (Å²) in [5.74, 6) is -0.528. The van der Waals surface area contributed by atoms with E-state index in [9.17, 15) is 9.36 Å². The van der Waals surface area contributed by atoms with Crippen molar-refractivity contribution in [1.82, 2.24) is 0 Å². The number of esters is 1. The number of hydrogen-bond donors (Lipinski definition) is 0. The van der Waals surface area contributed by atoms with Crippen LogP contribution in [-0.2, 0) is 13.6 Å². The Kier molecular flexibility index (Phi) is 6.58. The number of para-hydroxylation sites is 1. The van der Waals surface area contributed by atoms with Crippen LogP contribution in [0.1, 0.15) is 24.2 Å². The Balaban J connectivity index is 2.37. The van der Waals surface area contributed by atoms with Gasteiger partial charge in [-0.15, -0.1) is 0 Å². The summed E-state index contributed by atoms with van der Waals surface area (Å²) in [4.78, 5) is 12.4. The van der Waals surface area contributed by atoms with E-state index in [1.165, 1.54) is 6.07 Å². The zero-order chi connectivity index (χ0) is 17.6. The van der Waals surface area contributed by atoms with E-state index >= 15 is 0 Å². The van der Waals surface area contributed by atoms with Gasteiger partial charge >= 0.3 is 13.6 Å². The summed E-state index contributed by atoms with van der Waals surface area (Å²) in [6, 6.07) is 13.0. The molecule has 0 unspecified atom stereocenters. The van der Waals surface area contributed by atoms with Gasteiger partial charge in [-0.1, -0.05) is 35.9 Å². The van der Waals surface area contributed by atoms with Crippen LogP contribution in [0.4, 0.5) is 0 Å². The van der Waals surface area contributed by atoms with E-state index < -0.39 is 13.6 Å². The molecule has 0 radical (unpaired) electrons. The summed E-state index contributed by atoms with van der Waals surface area (Å²) in [6.07, 6.45) is 0. The first-order valence-electron chi connectivity index (χ1n) is 7.47. The van der Waals surface area contributed by atoms with Gasteiger partial charge in [-0.05, 0) is 38.1 Å². The lowest BCUT2D eigenvalue weighted by atomic mass is 10.2. The summed E-state index contributed by atoms with van der Waals surface area (Å²) in [7, 11) is -3.58. The van der Waals surface area contributed by atoms with Crippen LogP contribution in [0, 0.1) is 0 Å². The average molecular weight is 369 g/mol. The Morgan fingerprint density at radius 2 is 1.58 bits per heavy atom. The highest BCUT2D eigenvalue weighted by atomic mass is 35.5. The van der Waals surface area contributed by atoms with Gasteiger partial charge in [0.2, 0.25) is 0 Å². The van der Waals surface area contributed by atoms with E-state index in [1.54, 1.807) is 56.3 Å². The van der Waals surface area contributed by atoms with Crippen molar-refractivity contribution in [2.24, 2.45) is 0 Å². The van der Waals surface area contributed by atoms with Crippen LogP contribution < -0.4 is 10.0 Å². The van der Waals surface area contributed by atoms with E-state index in [-0.39, 0.29) is 34.9 Å². The monoisotopic (exact) mass is 368 g/mol. The molecule has 0 saturated heterocycles. The maximum Gasteiger partial charge on any atom is 0.365 e. The minimum absolute atomic E-state index is 0.118. The molecule has 0 aliphatic heterocycles. The van der Waals surface area contributed by atoms with Gasteiger partial charge in [-0.3, -0.25) is 4.57 Å². The van der Waals surface area contributed by atoms with Gasteiger partial charge in [0.1, 0.15) is 11.1 Å². The Bertz CT molecular complexity index is 752. The van der Waals surface area contributed by atoms with Crippen LogP contribution in [0.2, 0.25) is 5.02 Å². The molecular weight excluding hydrogens is 351 g/mol. The van der Waals surface area contributed by atoms with Gasteiger partial charge in [0, 0.05) is 0 Å². The second-order valence-corrected chi connectivity index (χ2v) is 7.07. The maximum atomic E-state index is 13.0. The number of rotatable bonds is 7. The standard InChI is InChI=1S/C17H18ClO5P/c1-3-21-24(20,22-4-2)16-12-8-7-11-15(16)23-17(19)13-9-5-6-10-14(13)18/h5-12H,3-4H2,1-2H3. The first-order chi connectivity index (χ1) is 11.5. The topological polar surface area (TPSA) is 61.8 Å². The molecule has 0 saturated carbocycles.